The van der Waals surface area contributed by atoms with Crippen LogP contribution in [0.1, 0.15) is 22.3 Å². The average Bonchev–Trinajstić information content (AvgIpc) is 2.91. The maximum atomic E-state index is 6.69. The average molecular weight is 523 g/mol. The SMILES string of the molecule is [C-]#Cc1ccccc1.[C-]#Cc1ccccc1.[C-]#Cc1ccccc1.[C-]#Cc1ccccc1.[Sn+4]. The summed E-state index contributed by atoms with van der Waals surface area (Å²) in [6.45, 7) is 0. The van der Waals surface area contributed by atoms with Crippen LogP contribution in [0.25, 0.3) is 0 Å². The molecule has 152 valence electrons. The van der Waals surface area contributed by atoms with Gasteiger partial charge in [-0.05, 0) is 0 Å². The standard InChI is InChI=1S/4C8H5.Sn/c4*1-2-8-6-4-3-5-7-8;/h4*3-7H;/q4*-1;+4. The van der Waals surface area contributed by atoms with Gasteiger partial charge in [0.15, 0.2) is 0 Å². The fourth-order valence-corrected chi connectivity index (χ4v) is 2.09. The third kappa shape index (κ3) is 14.5. The van der Waals surface area contributed by atoms with Crippen molar-refractivity contribution in [2.75, 3.05) is 0 Å². The predicted octanol–water partition coefficient (Wildman–Crippen LogP) is 6.12. The summed E-state index contributed by atoms with van der Waals surface area (Å²) in [6.07, 6.45) is 26.8. The molecule has 0 aromatic heterocycles. The van der Waals surface area contributed by atoms with Crippen molar-refractivity contribution < 1.29 is 0 Å². The number of benzene rings is 4. The summed E-state index contributed by atoms with van der Waals surface area (Å²) in [5, 5.41) is 0. The van der Waals surface area contributed by atoms with Gasteiger partial charge in [0.25, 0.3) is 0 Å². The van der Waals surface area contributed by atoms with Crippen LogP contribution < -0.4 is 0 Å². The molecule has 0 atom stereocenters. The molecule has 0 saturated carbocycles. The van der Waals surface area contributed by atoms with Gasteiger partial charge in [-0.25, -0.2) is 0 Å². The zero-order chi connectivity index (χ0) is 23.3. The molecule has 0 aliphatic carbocycles. The summed E-state index contributed by atoms with van der Waals surface area (Å²) < 4.78 is 0. The van der Waals surface area contributed by atoms with E-state index in [1.54, 1.807) is 0 Å². The van der Waals surface area contributed by atoms with Crippen molar-refractivity contribution in [2.24, 2.45) is 0 Å². The maximum absolute atomic E-state index is 6.69. The van der Waals surface area contributed by atoms with Crippen molar-refractivity contribution in [3.05, 3.63) is 169 Å². The molecule has 0 amide bonds. The Morgan fingerprint density at radius 1 is 0.303 bits per heavy atom. The van der Waals surface area contributed by atoms with E-state index in [-0.39, 0.29) is 23.9 Å². The van der Waals surface area contributed by atoms with E-state index in [1.807, 2.05) is 121 Å². The Hall–Kier alpha value is -4.08. The zero-order valence-electron chi connectivity index (χ0n) is 18.0. The van der Waals surface area contributed by atoms with Gasteiger partial charge < -0.3 is 25.7 Å². The monoisotopic (exact) mass is 524 g/mol. The molecular weight excluding hydrogens is 503 g/mol. The minimum Gasteiger partial charge on any atom is -0.366 e. The van der Waals surface area contributed by atoms with Crippen LogP contribution in [0.15, 0.2) is 121 Å². The van der Waals surface area contributed by atoms with E-state index in [1.165, 1.54) is 0 Å². The first-order valence-corrected chi connectivity index (χ1v) is 9.64. The van der Waals surface area contributed by atoms with Crippen molar-refractivity contribution in [3.63, 3.8) is 0 Å². The smallest absolute Gasteiger partial charge is 0.366 e. The molecule has 0 nitrogen and oxygen atoms in total. The normalized spacial score (nSPS) is 7.64. The molecule has 0 bridgehead atoms. The molecule has 0 aliphatic rings. The van der Waals surface area contributed by atoms with E-state index < -0.39 is 0 Å². The summed E-state index contributed by atoms with van der Waals surface area (Å²) in [5.41, 5.74) is 3.31. The van der Waals surface area contributed by atoms with E-state index in [0.29, 0.717) is 0 Å². The molecule has 0 saturated heterocycles. The Kier molecular flexibility index (Phi) is 17.4. The van der Waals surface area contributed by atoms with Gasteiger partial charge in [-0.3, -0.25) is 23.7 Å². The van der Waals surface area contributed by atoms with Crippen LogP contribution in [-0.4, -0.2) is 23.9 Å². The first kappa shape index (κ1) is 28.9. The topological polar surface area (TPSA) is 0 Å². The first-order valence-electron chi connectivity index (χ1n) is 9.64. The second kappa shape index (κ2) is 19.9. The molecule has 0 aliphatic heterocycles. The fourth-order valence-electron chi connectivity index (χ4n) is 2.09. The second-order valence-electron chi connectivity index (χ2n) is 5.96. The van der Waals surface area contributed by atoms with Crippen LogP contribution in [0.2, 0.25) is 0 Å². The fraction of sp³-hybridized carbons (Fsp3) is 0. The van der Waals surface area contributed by atoms with Crippen molar-refractivity contribution in [3.8, 4) is 23.7 Å². The van der Waals surface area contributed by atoms with Crippen LogP contribution in [0, 0.1) is 49.4 Å². The van der Waals surface area contributed by atoms with E-state index in [0.717, 1.165) is 22.3 Å². The van der Waals surface area contributed by atoms with Gasteiger partial charge in [0.05, 0.1) is 0 Å². The van der Waals surface area contributed by atoms with Gasteiger partial charge in [0.1, 0.15) is 0 Å². The second-order valence-corrected chi connectivity index (χ2v) is 5.96. The van der Waals surface area contributed by atoms with Gasteiger partial charge in [0, 0.05) is 0 Å². The van der Waals surface area contributed by atoms with Gasteiger partial charge in [0.2, 0.25) is 0 Å². The van der Waals surface area contributed by atoms with E-state index in [4.69, 9.17) is 25.7 Å². The van der Waals surface area contributed by atoms with Crippen LogP contribution in [-0.2, 0) is 0 Å². The molecular formula is C32H20Sn. The maximum Gasteiger partial charge on any atom is 4.00 e. The molecule has 0 N–H and O–H groups in total. The van der Waals surface area contributed by atoms with Crippen molar-refractivity contribution >= 4 is 23.9 Å². The first-order chi connectivity index (χ1) is 15.7. The minimum atomic E-state index is 0. The number of rotatable bonds is 0. The number of hydrogen-bond acceptors (Lipinski definition) is 0. The van der Waals surface area contributed by atoms with Gasteiger partial charge in [-0.1, -0.05) is 72.8 Å². The summed E-state index contributed by atoms with van der Waals surface area (Å²) in [6, 6.07) is 37.5. The third-order valence-electron chi connectivity index (χ3n) is 3.67. The quantitative estimate of drug-likeness (QED) is 0.148. The summed E-state index contributed by atoms with van der Waals surface area (Å²) in [4.78, 5) is 0. The zero-order valence-corrected chi connectivity index (χ0v) is 20.9. The van der Waals surface area contributed by atoms with Crippen LogP contribution in [0.3, 0.4) is 0 Å². The van der Waals surface area contributed by atoms with Crippen molar-refractivity contribution in [1.29, 1.82) is 0 Å². The Bertz CT molecular complexity index is 969. The van der Waals surface area contributed by atoms with Gasteiger partial charge in [-0.15, -0.1) is 70.8 Å². The predicted molar refractivity (Wildman–Crippen MR) is 136 cm³/mol. The molecule has 0 unspecified atom stereocenters. The van der Waals surface area contributed by atoms with Crippen molar-refractivity contribution in [1.82, 2.24) is 0 Å². The molecule has 0 spiro atoms. The van der Waals surface area contributed by atoms with Gasteiger partial charge in [-0.2, -0.15) is 0 Å². The van der Waals surface area contributed by atoms with Crippen molar-refractivity contribution in [2.45, 2.75) is 0 Å². The molecule has 0 fully saturated rings. The molecule has 0 radical (unpaired) electrons. The molecule has 0 heterocycles. The third-order valence-corrected chi connectivity index (χ3v) is 3.67. The molecule has 1 heteroatoms. The van der Waals surface area contributed by atoms with Crippen LogP contribution >= 0.6 is 0 Å². The Labute approximate surface area is 216 Å². The number of hydrogen-bond donors (Lipinski definition) is 0. The summed E-state index contributed by atoms with van der Waals surface area (Å²) in [7, 11) is 0. The van der Waals surface area contributed by atoms with E-state index >= 15 is 0 Å². The summed E-state index contributed by atoms with van der Waals surface area (Å²) in [5.74, 6) is 9.11. The van der Waals surface area contributed by atoms with Crippen LogP contribution in [0.4, 0.5) is 0 Å². The molecule has 4 aromatic rings. The Morgan fingerprint density at radius 2 is 0.455 bits per heavy atom. The Morgan fingerprint density at radius 3 is 0.545 bits per heavy atom. The van der Waals surface area contributed by atoms with E-state index in [9.17, 15) is 0 Å². The molecule has 33 heavy (non-hydrogen) atoms. The minimum absolute atomic E-state index is 0. The largest absolute Gasteiger partial charge is 4.00 e. The van der Waals surface area contributed by atoms with E-state index in [2.05, 4.69) is 23.7 Å². The molecule has 4 rings (SSSR count). The van der Waals surface area contributed by atoms with Gasteiger partial charge >= 0.3 is 23.9 Å². The molecule has 4 aromatic carbocycles. The summed E-state index contributed by atoms with van der Waals surface area (Å²) >= 11 is 0. The van der Waals surface area contributed by atoms with Crippen LogP contribution in [0.5, 0.6) is 0 Å². The Balaban J connectivity index is 0.000000410.